The number of aromatic nitrogens is 2. The molecule has 31 heavy (non-hydrogen) atoms. The van der Waals surface area contributed by atoms with Gasteiger partial charge in [0.15, 0.2) is 0 Å². The summed E-state index contributed by atoms with van der Waals surface area (Å²) in [5.41, 5.74) is 0.630. The molecule has 3 aromatic rings. The number of likely N-dealkylation sites (N-methyl/N-ethyl adjacent to an activating group) is 1. The molecule has 0 bridgehead atoms. The zero-order chi connectivity index (χ0) is 22.5. The second kappa shape index (κ2) is 10.2. The molecule has 0 aliphatic rings. The fraction of sp³-hybridized carbons (Fsp3) is 0.333. The Labute approximate surface area is 187 Å². The van der Waals surface area contributed by atoms with Gasteiger partial charge in [0, 0.05) is 30.5 Å². The number of nitrogens with zero attached hydrogens (tertiary/aromatic N) is 3. The molecule has 6 nitrogen and oxygen atoms in total. The summed E-state index contributed by atoms with van der Waals surface area (Å²) in [7, 11) is 3.84. The van der Waals surface area contributed by atoms with Crippen LogP contribution in [0.15, 0.2) is 23.6 Å². The number of carbonyl (C=O) groups excluding carboxylic acids is 2. The topological polar surface area (TPSA) is 75.2 Å². The van der Waals surface area contributed by atoms with Crippen LogP contribution in [0.1, 0.15) is 26.1 Å². The molecule has 1 aromatic carbocycles. The summed E-state index contributed by atoms with van der Waals surface area (Å²) in [6.45, 7) is 3.01. The monoisotopic (exact) mass is 464 g/mol. The van der Waals surface area contributed by atoms with Crippen molar-refractivity contribution in [1.82, 2.24) is 20.2 Å². The maximum atomic E-state index is 13.8. The molecule has 0 atom stereocenters. The first kappa shape index (κ1) is 23.1. The molecule has 0 saturated heterocycles. The number of ketones is 1. The lowest BCUT2D eigenvalue weighted by molar-refractivity contribution is -0.117. The molecule has 0 spiro atoms. The highest BCUT2D eigenvalue weighted by molar-refractivity contribution is 7.16. The summed E-state index contributed by atoms with van der Waals surface area (Å²) in [4.78, 5) is 36.3. The third-order valence-electron chi connectivity index (χ3n) is 4.36. The van der Waals surface area contributed by atoms with Crippen LogP contribution in [-0.4, -0.2) is 53.7 Å². The van der Waals surface area contributed by atoms with Gasteiger partial charge in [0.2, 0.25) is 0 Å². The van der Waals surface area contributed by atoms with Crippen molar-refractivity contribution in [1.29, 1.82) is 0 Å². The minimum atomic E-state index is -0.738. The van der Waals surface area contributed by atoms with Crippen molar-refractivity contribution in [3.05, 3.63) is 56.5 Å². The molecular weight excluding hydrogens is 442 g/mol. The Bertz CT molecular complexity index is 1070. The maximum Gasteiger partial charge on any atom is 0.271 e. The molecule has 0 aliphatic carbocycles. The van der Waals surface area contributed by atoms with Gasteiger partial charge in [-0.05, 0) is 33.2 Å². The third-order valence-corrected chi connectivity index (χ3v) is 6.20. The van der Waals surface area contributed by atoms with E-state index in [1.54, 1.807) is 5.38 Å². The van der Waals surface area contributed by atoms with Crippen LogP contribution < -0.4 is 5.32 Å². The molecule has 0 fully saturated rings. The molecule has 0 aliphatic heterocycles. The van der Waals surface area contributed by atoms with Gasteiger partial charge in [-0.3, -0.25) is 9.59 Å². The number of benzene rings is 1. The molecule has 10 heteroatoms. The molecule has 2 aromatic heterocycles. The van der Waals surface area contributed by atoms with Gasteiger partial charge in [0.1, 0.15) is 28.1 Å². The zero-order valence-corrected chi connectivity index (χ0v) is 19.0. The normalized spacial score (nSPS) is 11.2. The number of carbonyl (C=O) groups is 2. The van der Waals surface area contributed by atoms with Crippen molar-refractivity contribution < 1.29 is 18.4 Å². The molecule has 0 radical (unpaired) electrons. The first-order valence-corrected chi connectivity index (χ1v) is 11.2. The van der Waals surface area contributed by atoms with Crippen molar-refractivity contribution in [2.75, 3.05) is 27.2 Å². The Morgan fingerprint density at radius 1 is 1.13 bits per heavy atom. The Morgan fingerprint density at radius 2 is 1.84 bits per heavy atom. The highest BCUT2D eigenvalue weighted by Gasteiger charge is 2.21. The highest BCUT2D eigenvalue weighted by atomic mass is 32.1. The second-order valence-corrected chi connectivity index (χ2v) is 9.33. The first-order chi connectivity index (χ1) is 14.7. The molecule has 2 heterocycles. The fourth-order valence-corrected chi connectivity index (χ4v) is 4.62. The van der Waals surface area contributed by atoms with E-state index in [4.69, 9.17) is 0 Å². The van der Waals surface area contributed by atoms with E-state index in [0.717, 1.165) is 17.1 Å². The van der Waals surface area contributed by atoms with E-state index in [2.05, 4.69) is 15.3 Å². The number of rotatable bonds is 9. The van der Waals surface area contributed by atoms with Crippen molar-refractivity contribution in [2.45, 2.75) is 19.8 Å². The van der Waals surface area contributed by atoms with Crippen LogP contribution >= 0.6 is 22.7 Å². The van der Waals surface area contributed by atoms with Crippen LogP contribution in [0.2, 0.25) is 0 Å². The van der Waals surface area contributed by atoms with Gasteiger partial charge in [0.25, 0.3) is 5.91 Å². The Kier molecular flexibility index (Phi) is 7.58. The number of thiazole rings is 2. The maximum absolute atomic E-state index is 13.8. The summed E-state index contributed by atoms with van der Waals surface area (Å²) in [5, 5.41) is 5.85. The van der Waals surface area contributed by atoms with Crippen LogP contribution in [0.4, 0.5) is 8.78 Å². The second-order valence-electron chi connectivity index (χ2n) is 7.19. The van der Waals surface area contributed by atoms with Gasteiger partial charge in [-0.1, -0.05) is 6.07 Å². The van der Waals surface area contributed by atoms with Crippen molar-refractivity contribution >= 4 is 34.4 Å². The largest absolute Gasteiger partial charge is 0.349 e. The van der Waals surface area contributed by atoms with Crippen LogP contribution in [0.25, 0.3) is 10.6 Å². The van der Waals surface area contributed by atoms with E-state index in [9.17, 15) is 18.4 Å². The minimum Gasteiger partial charge on any atom is -0.349 e. The third kappa shape index (κ3) is 5.99. The van der Waals surface area contributed by atoms with Crippen molar-refractivity contribution in [3.63, 3.8) is 0 Å². The number of halogens is 2. The molecular formula is C21H22F2N4O2S2. The standard InChI is InChI=1S/C21H22F2N4O2S2/c1-12-25-19(21(29)24-7-8-27(2)3)20(31-12)17-11-30-18(26-17)10-13(28)9-14-15(22)5-4-6-16(14)23/h4-6,11H,7-10H2,1-3H3,(H,24,29). The average molecular weight is 465 g/mol. The number of Topliss-reactive ketones (excluding diaryl/α,β-unsaturated/α-hetero) is 1. The van der Waals surface area contributed by atoms with Crippen LogP contribution in [-0.2, 0) is 17.6 Å². The van der Waals surface area contributed by atoms with Crippen LogP contribution in [0, 0.1) is 18.6 Å². The summed E-state index contributed by atoms with van der Waals surface area (Å²) < 4.78 is 27.6. The SMILES string of the molecule is Cc1nc(C(=O)NCCN(C)C)c(-c2csc(CC(=O)Cc3c(F)cccc3F)n2)s1. The molecule has 3 rings (SSSR count). The first-order valence-electron chi connectivity index (χ1n) is 9.54. The number of hydrogen-bond acceptors (Lipinski definition) is 7. The predicted molar refractivity (Wildman–Crippen MR) is 118 cm³/mol. The minimum absolute atomic E-state index is 0.0411. The van der Waals surface area contributed by atoms with Gasteiger partial charge in [-0.2, -0.15) is 0 Å². The van der Waals surface area contributed by atoms with E-state index < -0.39 is 11.6 Å². The molecule has 0 unspecified atom stereocenters. The molecule has 1 N–H and O–H groups in total. The van der Waals surface area contributed by atoms with E-state index in [-0.39, 0.29) is 30.1 Å². The van der Waals surface area contributed by atoms with Crippen molar-refractivity contribution in [3.8, 4) is 10.6 Å². The smallest absolute Gasteiger partial charge is 0.271 e. The molecule has 164 valence electrons. The quantitative estimate of drug-likeness (QED) is 0.525. The average Bonchev–Trinajstić information content (AvgIpc) is 3.31. The van der Waals surface area contributed by atoms with Crippen LogP contribution in [0.5, 0.6) is 0 Å². The Balaban J connectivity index is 1.71. The predicted octanol–water partition coefficient (Wildman–Crippen LogP) is 3.50. The highest BCUT2D eigenvalue weighted by Crippen LogP contribution is 2.31. The summed E-state index contributed by atoms with van der Waals surface area (Å²) in [6, 6.07) is 3.52. The van der Waals surface area contributed by atoms with E-state index in [0.29, 0.717) is 34.4 Å². The molecule has 1 amide bonds. The van der Waals surface area contributed by atoms with Gasteiger partial charge in [-0.15, -0.1) is 22.7 Å². The zero-order valence-electron chi connectivity index (χ0n) is 17.4. The Hall–Kier alpha value is -2.56. The van der Waals surface area contributed by atoms with E-state index in [1.807, 2.05) is 25.9 Å². The lowest BCUT2D eigenvalue weighted by Crippen LogP contribution is -2.31. The van der Waals surface area contributed by atoms with Gasteiger partial charge >= 0.3 is 0 Å². The van der Waals surface area contributed by atoms with E-state index in [1.165, 1.54) is 28.7 Å². The summed E-state index contributed by atoms with van der Waals surface area (Å²) in [5.74, 6) is -2.09. The number of aryl methyl sites for hydroxylation is 1. The summed E-state index contributed by atoms with van der Waals surface area (Å²) in [6.07, 6.45) is -0.382. The van der Waals surface area contributed by atoms with Gasteiger partial charge in [0.05, 0.1) is 22.0 Å². The summed E-state index contributed by atoms with van der Waals surface area (Å²) >= 11 is 2.62. The van der Waals surface area contributed by atoms with Gasteiger partial charge < -0.3 is 10.2 Å². The molecule has 0 saturated carbocycles. The number of nitrogens with one attached hydrogen (secondary N) is 1. The van der Waals surface area contributed by atoms with E-state index >= 15 is 0 Å². The lowest BCUT2D eigenvalue weighted by Gasteiger charge is -2.09. The fourth-order valence-electron chi connectivity index (χ4n) is 2.86. The Morgan fingerprint density at radius 3 is 2.52 bits per heavy atom. The van der Waals surface area contributed by atoms with Gasteiger partial charge in [-0.25, -0.2) is 18.7 Å². The van der Waals surface area contributed by atoms with Crippen LogP contribution in [0.3, 0.4) is 0 Å². The lowest BCUT2D eigenvalue weighted by atomic mass is 10.1. The van der Waals surface area contributed by atoms with Crippen molar-refractivity contribution in [2.24, 2.45) is 0 Å². The number of amides is 1. The number of hydrogen-bond donors (Lipinski definition) is 1.